The number of benzene rings is 1. The lowest BCUT2D eigenvalue weighted by Gasteiger charge is -2.34. The molecule has 2 heterocycles. The number of amides is 2. The van der Waals surface area contributed by atoms with Gasteiger partial charge >= 0.3 is 0 Å². The molecule has 1 aromatic heterocycles. The standard InChI is InChI=1S/C16H18ClN5O2S2/c17-12-4-2-1-3-11(12)9-14(24)21-5-7-22(8-6-21)15-19-20-16(26-15)25-10-13(18)23/h1-4H,5-10H2,(H2,18,23). The Labute approximate surface area is 164 Å². The van der Waals surface area contributed by atoms with Crippen LogP contribution in [-0.2, 0) is 16.0 Å². The molecule has 1 aromatic carbocycles. The number of hydrogen-bond donors (Lipinski definition) is 1. The van der Waals surface area contributed by atoms with Crippen molar-refractivity contribution in [2.75, 3.05) is 36.8 Å². The summed E-state index contributed by atoms with van der Waals surface area (Å²) in [6.45, 7) is 2.66. The van der Waals surface area contributed by atoms with Crippen molar-refractivity contribution in [3.05, 3.63) is 34.9 Å². The molecule has 1 fully saturated rings. The molecule has 0 atom stereocenters. The maximum Gasteiger partial charge on any atom is 0.227 e. The maximum absolute atomic E-state index is 12.5. The molecule has 1 aliphatic heterocycles. The van der Waals surface area contributed by atoms with Crippen LogP contribution in [-0.4, -0.2) is 58.8 Å². The molecule has 26 heavy (non-hydrogen) atoms. The van der Waals surface area contributed by atoms with Gasteiger partial charge in [0.15, 0.2) is 4.34 Å². The fourth-order valence-electron chi connectivity index (χ4n) is 2.59. The highest BCUT2D eigenvalue weighted by atomic mass is 35.5. The summed E-state index contributed by atoms with van der Waals surface area (Å²) in [5, 5.41) is 9.66. The summed E-state index contributed by atoms with van der Waals surface area (Å²) < 4.78 is 0.719. The van der Waals surface area contributed by atoms with Crippen molar-refractivity contribution >= 4 is 51.6 Å². The van der Waals surface area contributed by atoms with Gasteiger partial charge in [0.2, 0.25) is 16.9 Å². The van der Waals surface area contributed by atoms with Gasteiger partial charge in [-0.15, -0.1) is 10.2 Å². The third-order valence-corrected chi connectivity index (χ3v) is 6.44. The molecular weight excluding hydrogens is 394 g/mol. The fourth-order valence-corrected chi connectivity index (χ4v) is 4.42. The number of carbonyl (C=O) groups is 2. The average Bonchev–Trinajstić information content (AvgIpc) is 3.11. The summed E-state index contributed by atoms with van der Waals surface area (Å²) >= 11 is 8.86. The van der Waals surface area contributed by atoms with E-state index in [0.29, 0.717) is 37.6 Å². The second-order valence-electron chi connectivity index (χ2n) is 5.74. The minimum atomic E-state index is -0.377. The number of primary amides is 1. The van der Waals surface area contributed by atoms with E-state index in [2.05, 4.69) is 15.1 Å². The van der Waals surface area contributed by atoms with Crippen LogP contribution in [0.25, 0.3) is 0 Å². The van der Waals surface area contributed by atoms with Crippen molar-refractivity contribution in [1.29, 1.82) is 0 Å². The summed E-state index contributed by atoms with van der Waals surface area (Å²) in [7, 11) is 0. The number of halogens is 1. The van der Waals surface area contributed by atoms with Gasteiger partial charge in [-0.1, -0.05) is 52.9 Å². The highest BCUT2D eigenvalue weighted by Gasteiger charge is 2.24. The molecule has 0 radical (unpaired) electrons. The Morgan fingerprint density at radius 3 is 2.62 bits per heavy atom. The summed E-state index contributed by atoms with van der Waals surface area (Å²) in [4.78, 5) is 27.3. The predicted molar refractivity (Wildman–Crippen MR) is 104 cm³/mol. The highest BCUT2D eigenvalue weighted by molar-refractivity contribution is 8.01. The SMILES string of the molecule is NC(=O)CSc1nnc(N2CCN(C(=O)Cc3ccccc3Cl)CC2)s1. The third-order valence-electron chi connectivity index (χ3n) is 3.94. The van der Waals surface area contributed by atoms with Crippen LogP contribution in [0.15, 0.2) is 28.6 Å². The van der Waals surface area contributed by atoms with Gasteiger partial charge in [-0.2, -0.15) is 0 Å². The number of rotatable bonds is 6. The second kappa shape index (κ2) is 8.70. The summed E-state index contributed by atoms with van der Waals surface area (Å²) in [6, 6.07) is 7.41. The van der Waals surface area contributed by atoms with Gasteiger partial charge in [-0.05, 0) is 11.6 Å². The van der Waals surface area contributed by atoms with Crippen molar-refractivity contribution in [3.8, 4) is 0 Å². The lowest BCUT2D eigenvalue weighted by Crippen LogP contribution is -2.49. The molecule has 3 rings (SSSR count). The van der Waals surface area contributed by atoms with Crippen LogP contribution in [0.1, 0.15) is 5.56 Å². The lowest BCUT2D eigenvalue weighted by atomic mass is 10.1. The van der Waals surface area contributed by atoms with Crippen LogP contribution in [0.2, 0.25) is 5.02 Å². The van der Waals surface area contributed by atoms with Crippen LogP contribution >= 0.6 is 34.7 Å². The zero-order chi connectivity index (χ0) is 18.5. The van der Waals surface area contributed by atoms with Crippen LogP contribution in [0.5, 0.6) is 0 Å². The molecule has 0 bridgehead atoms. The quantitative estimate of drug-likeness (QED) is 0.727. The predicted octanol–water partition coefficient (Wildman–Crippen LogP) is 1.66. The van der Waals surface area contributed by atoms with Crippen molar-refractivity contribution < 1.29 is 9.59 Å². The number of anilines is 1. The minimum absolute atomic E-state index is 0.0766. The molecule has 10 heteroatoms. The Balaban J connectivity index is 1.52. The molecule has 2 aromatic rings. The van der Waals surface area contributed by atoms with Gasteiger partial charge in [0.25, 0.3) is 0 Å². The molecule has 0 saturated carbocycles. The normalized spacial score (nSPS) is 14.5. The first-order valence-electron chi connectivity index (χ1n) is 8.03. The van der Waals surface area contributed by atoms with E-state index in [4.69, 9.17) is 17.3 Å². The van der Waals surface area contributed by atoms with Gasteiger partial charge in [-0.3, -0.25) is 9.59 Å². The zero-order valence-corrected chi connectivity index (χ0v) is 16.3. The molecule has 0 spiro atoms. The first kappa shape index (κ1) is 18.9. The molecule has 2 N–H and O–H groups in total. The average molecular weight is 412 g/mol. The van der Waals surface area contributed by atoms with Crippen LogP contribution in [0.4, 0.5) is 5.13 Å². The van der Waals surface area contributed by atoms with Crippen LogP contribution < -0.4 is 10.6 Å². The summed E-state index contributed by atoms with van der Waals surface area (Å²) in [6.07, 6.45) is 0.312. The van der Waals surface area contributed by atoms with E-state index in [1.54, 1.807) is 6.07 Å². The Morgan fingerprint density at radius 2 is 1.92 bits per heavy atom. The monoisotopic (exact) mass is 411 g/mol. The fraction of sp³-hybridized carbons (Fsp3) is 0.375. The van der Waals surface area contributed by atoms with E-state index in [9.17, 15) is 9.59 Å². The van der Waals surface area contributed by atoms with Gasteiger partial charge in [0.1, 0.15) is 0 Å². The number of carbonyl (C=O) groups excluding carboxylic acids is 2. The molecule has 2 amide bonds. The van der Waals surface area contributed by atoms with E-state index in [-0.39, 0.29) is 17.6 Å². The molecule has 0 aliphatic carbocycles. The van der Waals surface area contributed by atoms with Gasteiger partial charge in [0, 0.05) is 31.2 Å². The molecule has 1 aliphatic rings. The van der Waals surface area contributed by atoms with Gasteiger partial charge in [-0.25, -0.2) is 0 Å². The molecule has 0 unspecified atom stereocenters. The van der Waals surface area contributed by atoms with Crippen LogP contribution in [0, 0.1) is 0 Å². The molecule has 1 saturated heterocycles. The van der Waals surface area contributed by atoms with Crippen LogP contribution in [0.3, 0.4) is 0 Å². The smallest absolute Gasteiger partial charge is 0.227 e. The topological polar surface area (TPSA) is 92.4 Å². The Hall–Kier alpha value is -1.84. The van der Waals surface area contributed by atoms with Gasteiger partial charge < -0.3 is 15.5 Å². The third kappa shape index (κ3) is 4.87. The number of nitrogens with two attached hydrogens (primary N) is 1. The van der Waals surface area contributed by atoms with Gasteiger partial charge in [0.05, 0.1) is 12.2 Å². The first-order valence-corrected chi connectivity index (χ1v) is 10.2. The number of hydrogen-bond acceptors (Lipinski definition) is 7. The van der Waals surface area contributed by atoms with E-state index in [0.717, 1.165) is 15.0 Å². The van der Waals surface area contributed by atoms with Crippen molar-refractivity contribution in [2.45, 2.75) is 10.8 Å². The first-order chi connectivity index (χ1) is 12.5. The Morgan fingerprint density at radius 1 is 1.19 bits per heavy atom. The summed E-state index contributed by atoms with van der Waals surface area (Å²) in [5.41, 5.74) is 5.99. The second-order valence-corrected chi connectivity index (χ2v) is 8.33. The largest absolute Gasteiger partial charge is 0.369 e. The van der Waals surface area contributed by atoms with E-state index >= 15 is 0 Å². The van der Waals surface area contributed by atoms with Crippen molar-refractivity contribution in [2.24, 2.45) is 5.73 Å². The zero-order valence-electron chi connectivity index (χ0n) is 13.9. The Kier molecular flexibility index (Phi) is 6.33. The van der Waals surface area contributed by atoms with E-state index in [1.165, 1.54) is 23.1 Å². The Bertz CT molecular complexity index is 792. The van der Waals surface area contributed by atoms with Crippen molar-refractivity contribution in [1.82, 2.24) is 15.1 Å². The number of piperazine rings is 1. The molecule has 138 valence electrons. The number of nitrogens with zero attached hydrogens (tertiary/aromatic N) is 4. The number of thioether (sulfide) groups is 1. The maximum atomic E-state index is 12.5. The molecule has 7 nitrogen and oxygen atoms in total. The lowest BCUT2D eigenvalue weighted by molar-refractivity contribution is -0.130. The molecular formula is C16H18ClN5O2S2. The summed E-state index contributed by atoms with van der Waals surface area (Å²) in [5.74, 6) is -0.107. The highest BCUT2D eigenvalue weighted by Crippen LogP contribution is 2.28. The number of aromatic nitrogens is 2. The minimum Gasteiger partial charge on any atom is -0.369 e. The van der Waals surface area contributed by atoms with E-state index < -0.39 is 0 Å². The van der Waals surface area contributed by atoms with Crippen molar-refractivity contribution in [3.63, 3.8) is 0 Å². The van der Waals surface area contributed by atoms with E-state index in [1.807, 2.05) is 23.1 Å².